The number of benzene rings is 1. The number of hydrogen-bond acceptors (Lipinski definition) is 4. The summed E-state index contributed by atoms with van der Waals surface area (Å²) in [5.41, 5.74) is 1.05. The first-order valence-electron chi connectivity index (χ1n) is 5.33. The maximum atomic E-state index is 11.8. The number of amides is 1. The SMILES string of the molecule is Cc1c(NC(=O)c2ccn[nH]2)cccc1S(N)(=O)=O. The topological polar surface area (TPSA) is 118 Å². The van der Waals surface area contributed by atoms with Crippen LogP contribution in [0.15, 0.2) is 35.4 Å². The van der Waals surface area contributed by atoms with Crippen molar-refractivity contribution in [3.8, 4) is 0 Å². The van der Waals surface area contributed by atoms with E-state index in [9.17, 15) is 13.2 Å². The highest BCUT2D eigenvalue weighted by Crippen LogP contribution is 2.22. The van der Waals surface area contributed by atoms with Gasteiger partial charge in [-0.15, -0.1) is 0 Å². The zero-order valence-corrected chi connectivity index (χ0v) is 10.9. The summed E-state index contributed by atoms with van der Waals surface area (Å²) in [6.07, 6.45) is 1.45. The summed E-state index contributed by atoms with van der Waals surface area (Å²) in [6.45, 7) is 1.57. The lowest BCUT2D eigenvalue weighted by Crippen LogP contribution is -2.17. The Morgan fingerprint density at radius 1 is 1.37 bits per heavy atom. The number of H-pyrrole nitrogens is 1. The van der Waals surface area contributed by atoms with Crippen LogP contribution in [0.5, 0.6) is 0 Å². The molecule has 19 heavy (non-hydrogen) atoms. The van der Waals surface area contributed by atoms with E-state index in [1.165, 1.54) is 24.4 Å². The van der Waals surface area contributed by atoms with Gasteiger partial charge in [0.25, 0.3) is 5.91 Å². The second kappa shape index (κ2) is 4.82. The minimum atomic E-state index is -3.82. The van der Waals surface area contributed by atoms with Crippen LogP contribution in [-0.4, -0.2) is 24.5 Å². The molecule has 0 aliphatic carbocycles. The lowest BCUT2D eigenvalue weighted by molar-refractivity contribution is 0.102. The molecule has 0 unspecified atom stereocenters. The zero-order valence-electron chi connectivity index (χ0n) is 10.0. The molecule has 0 spiro atoms. The van der Waals surface area contributed by atoms with E-state index in [4.69, 9.17) is 5.14 Å². The average molecular weight is 280 g/mol. The number of nitrogens with one attached hydrogen (secondary N) is 2. The molecule has 100 valence electrons. The molecule has 2 aromatic rings. The second-order valence-electron chi connectivity index (χ2n) is 3.90. The van der Waals surface area contributed by atoms with E-state index >= 15 is 0 Å². The van der Waals surface area contributed by atoms with Gasteiger partial charge in [-0.25, -0.2) is 13.6 Å². The maximum Gasteiger partial charge on any atom is 0.273 e. The molecule has 1 heterocycles. The van der Waals surface area contributed by atoms with Gasteiger partial charge in [0.1, 0.15) is 5.69 Å². The van der Waals surface area contributed by atoms with E-state index in [2.05, 4.69) is 15.5 Å². The lowest BCUT2D eigenvalue weighted by atomic mass is 10.2. The summed E-state index contributed by atoms with van der Waals surface area (Å²) >= 11 is 0. The molecular weight excluding hydrogens is 268 g/mol. The lowest BCUT2D eigenvalue weighted by Gasteiger charge is -2.10. The highest BCUT2D eigenvalue weighted by molar-refractivity contribution is 7.89. The summed E-state index contributed by atoms with van der Waals surface area (Å²) in [5, 5.41) is 13.9. The third kappa shape index (κ3) is 2.80. The monoisotopic (exact) mass is 280 g/mol. The number of aromatic nitrogens is 2. The summed E-state index contributed by atoms with van der Waals surface area (Å²) in [4.78, 5) is 11.8. The number of nitrogens with zero attached hydrogens (tertiary/aromatic N) is 1. The van der Waals surface area contributed by atoms with E-state index < -0.39 is 15.9 Å². The Morgan fingerprint density at radius 3 is 2.68 bits per heavy atom. The standard InChI is InChI=1S/C11H12N4O3S/c1-7-8(3-2-4-10(7)19(12,17)18)14-11(16)9-5-6-13-15-9/h2-6H,1H3,(H,13,15)(H,14,16)(H2,12,17,18). The number of anilines is 1. The number of rotatable bonds is 3. The van der Waals surface area contributed by atoms with Crippen LogP contribution in [-0.2, 0) is 10.0 Å². The average Bonchev–Trinajstić information content (AvgIpc) is 2.83. The van der Waals surface area contributed by atoms with E-state index in [1.54, 1.807) is 13.0 Å². The number of nitrogens with two attached hydrogens (primary N) is 1. The smallest absolute Gasteiger partial charge is 0.273 e. The molecule has 0 fully saturated rings. The highest BCUT2D eigenvalue weighted by atomic mass is 32.2. The molecular formula is C11H12N4O3S. The molecule has 8 heteroatoms. The Morgan fingerprint density at radius 2 is 2.11 bits per heavy atom. The molecule has 7 nitrogen and oxygen atoms in total. The van der Waals surface area contributed by atoms with Crippen molar-refractivity contribution in [2.45, 2.75) is 11.8 Å². The molecule has 0 radical (unpaired) electrons. The molecule has 1 aromatic carbocycles. The molecule has 4 N–H and O–H groups in total. The number of hydrogen-bond donors (Lipinski definition) is 3. The number of carbonyl (C=O) groups excluding carboxylic acids is 1. The minimum Gasteiger partial charge on any atom is -0.320 e. The predicted molar refractivity (Wildman–Crippen MR) is 69.1 cm³/mol. The van der Waals surface area contributed by atoms with E-state index in [0.717, 1.165) is 0 Å². The molecule has 0 saturated carbocycles. The normalized spacial score (nSPS) is 11.3. The van der Waals surface area contributed by atoms with Crippen molar-refractivity contribution >= 4 is 21.6 Å². The number of sulfonamides is 1. The Kier molecular flexibility index (Phi) is 3.36. The maximum absolute atomic E-state index is 11.8. The van der Waals surface area contributed by atoms with E-state index in [0.29, 0.717) is 11.3 Å². The predicted octanol–water partition coefficient (Wildman–Crippen LogP) is 0.618. The quantitative estimate of drug-likeness (QED) is 0.763. The first kappa shape index (κ1) is 13.2. The van der Waals surface area contributed by atoms with Crippen molar-refractivity contribution in [1.29, 1.82) is 0 Å². The summed E-state index contributed by atoms with van der Waals surface area (Å²) in [5.74, 6) is -0.410. The van der Waals surface area contributed by atoms with Crippen molar-refractivity contribution in [1.82, 2.24) is 10.2 Å². The summed E-state index contributed by atoms with van der Waals surface area (Å²) < 4.78 is 22.7. The van der Waals surface area contributed by atoms with Gasteiger partial charge in [0.05, 0.1) is 4.90 Å². The van der Waals surface area contributed by atoms with Crippen LogP contribution in [0.3, 0.4) is 0 Å². The molecule has 0 saturated heterocycles. The zero-order chi connectivity index (χ0) is 14.0. The largest absolute Gasteiger partial charge is 0.320 e. The first-order chi connectivity index (χ1) is 8.89. The molecule has 0 aliphatic rings. The number of primary sulfonamides is 1. The van der Waals surface area contributed by atoms with Crippen molar-refractivity contribution in [3.63, 3.8) is 0 Å². The van der Waals surface area contributed by atoms with Crippen LogP contribution in [0.1, 0.15) is 16.1 Å². The molecule has 0 bridgehead atoms. The van der Waals surface area contributed by atoms with Crippen LogP contribution in [0.25, 0.3) is 0 Å². The Balaban J connectivity index is 2.35. The van der Waals surface area contributed by atoms with Gasteiger partial charge in [-0.05, 0) is 30.7 Å². The van der Waals surface area contributed by atoms with Crippen LogP contribution in [0.4, 0.5) is 5.69 Å². The minimum absolute atomic E-state index is 0.0186. The fraction of sp³-hybridized carbons (Fsp3) is 0.0909. The third-order valence-corrected chi connectivity index (χ3v) is 3.64. The molecule has 0 atom stereocenters. The fourth-order valence-corrected chi connectivity index (χ4v) is 2.44. The fourth-order valence-electron chi connectivity index (χ4n) is 1.63. The third-order valence-electron chi connectivity index (χ3n) is 2.58. The van der Waals surface area contributed by atoms with Gasteiger partial charge < -0.3 is 5.32 Å². The van der Waals surface area contributed by atoms with Crippen LogP contribution < -0.4 is 10.5 Å². The van der Waals surface area contributed by atoms with Gasteiger partial charge in [-0.2, -0.15) is 5.10 Å². The molecule has 1 amide bonds. The first-order valence-corrected chi connectivity index (χ1v) is 6.87. The summed E-state index contributed by atoms with van der Waals surface area (Å²) in [7, 11) is -3.82. The van der Waals surface area contributed by atoms with Gasteiger partial charge in [0.2, 0.25) is 10.0 Å². The van der Waals surface area contributed by atoms with Crippen LogP contribution in [0, 0.1) is 6.92 Å². The van der Waals surface area contributed by atoms with Crippen molar-refractivity contribution in [3.05, 3.63) is 41.7 Å². The van der Waals surface area contributed by atoms with Crippen LogP contribution in [0.2, 0.25) is 0 Å². The van der Waals surface area contributed by atoms with Crippen molar-refractivity contribution in [2.75, 3.05) is 5.32 Å². The van der Waals surface area contributed by atoms with Gasteiger partial charge in [0.15, 0.2) is 0 Å². The van der Waals surface area contributed by atoms with Gasteiger partial charge in [-0.1, -0.05) is 6.07 Å². The molecule has 2 rings (SSSR count). The summed E-state index contributed by atoms with van der Waals surface area (Å²) in [6, 6.07) is 6.00. The Labute approximate surface area is 109 Å². The second-order valence-corrected chi connectivity index (χ2v) is 5.43. The Bertz CT molecular complexity index is 708. The van der Waals surface area contributed by atoms with E-state index in [1.807, 2.05) is 0 Å². The number of carbonyl (C=O) groups is 1. The highest BCUT2D eigenvalue weighted by Gasteiger charge is 2.15. The van der Waals surface area contributed by atoms with Crippen molar-refractivity contribution in [2.24, 2.45) is 5.14 Å². The molecule has 0 aliphatic heterocycles. The Hall–Kier alpha value is -2.19. The van der Waals surface area contributed by atoms with Gasteiger partial charge in [-0.3, -0.25) is 9.89 Å². The van der Waals surface area contributed by atoms with Crippen molar-refractivity contribution < 1.29 is 13.2 Å². The number of aromatic amines is 1. The van der Waals surface area contributed by atoms with Crippen LogP contribution >= 0.6 is 0 Å². The van der Waals surface area contributed by atoms with Gasteiger partial charge >= 0.3 is 0 Å². The molecule has 1 aromatic heterocycles. The van der Waals surface area contributed by atoms with E-state index in [-0.39, 0.29) is 10.6 Å². The van der Waals surface area contributed by atoms with Gasteiger partial charge in [0, 0.05) is 11.9 Å².